The van der Waals surface area contributed by atoms with Gasteiger partial charge < -0.3 is 5.11 Å². The maximum atomic E-state index is 13.1. The van der Waals surface area contributed by atoms with Gasteiger partial charge in [-0.15, -0.1) is 5.10 Å². The molecule has 84 valence electrons. The van der Waals surface area contributed by atoms with Crippen molar-refractivity contribution in [1.82, 2.24) is 9.59 Å². The van der Waals surface area contributed by atoms with E-state index in [1.54, 1.807) is 12.1 Å². The summed E-state index contributed by atoms with van der Waals surface area (Å²) >= 11 is 6.90. The third kappa shape index (κ3) is 2.37. The molecule has 16 heavy (non-hydrogen) atoms. The Kier molecular flexibility index (Phi) is 3.48. The lowest BCUT2D eigenvalue weighted by Crippen LogP contribution is -2.01. The minimum atomic E-state index is -0.751. The molecule has 0 amide bonds. The van der Waals surface area contributed by atoms with Crippen molar-refractivity contribution in [3.63, 3.8) is 0 Å². The van der Waals surface area contributed by atoms with E-state index >= 15 is 0 Å². The maximum absolute atomic E-state index is 13.1. The van der Waals surface area contributed by atoms with Gasteiger partial charge in [0.1, 0.15) is 5.82 Å². The van der Waals surface area contributed by atoms with E-state index in [2.05, 4.69) is 9.59 Å². The van der Waals surface area contributed by atoms with E-state index in [4.69, 9.17) is 11.6 Å². The van der Waals surface area contributed by atoms with Gasteiger partial charge in [-0.1, -0.05) is 28.2 Å². The molecule has 2 aromatic rings. The molecule has 0 bridgehead atoms. The zero-order chi connectivity index (χ0) is 11.5. The van der Waals surface area contributed by atoms with Gasteiger partial charge in [0.2, 0.25) is 0 Å². The SMILES string of the molecule is OC(Cc1cccc(F)c1Cl)c1cnns1. The molecule has 0 fully saturated rings. The lowest BCUT2D eigenvalue weighted by molar-refractivity contribution is 0.182. The standard InChI is InChI=1S/C10H8ClFN2OS/c11-10-6(2-1-3-7(10)12)4-8(15)9-5-13-14-16-9/h1-3,5,8,15H,4H2. The molecule has 3 nitrogen and oxygen atoms in total. The van der Waals surface area contributed by atoms with E-state index in [1.807, 2.05) is 0 Å². The van der Waals surface area contributed by atoms with E-state index in [1.165, 1.54) is 12.3 Å². The van der Waals surface area contributed by atoms with Crippen molar-refractivity contribution < 1.29 is 9.50 Å². The fraction of sp³-hybridized carbons (Fsp3) is 0.200. The Hall–Kier alpha value is -1.04. The number of benzene rings is 1. The average Bonchev–Trinajstić information content (AvgIpc) is 2.78. The Morgan fingerprint density at radius 2 is 2.31 bits per heavy atom. The van der Waals surface area contributed by atoms with Crippen LogP contribution in [-0.2, 0) is 6.42 Å². The highest BCUT2D eigenvalue weighted by Crippen LogP contribution is 2.26. The first-order chi connectivity index (χ1) is 7.68. The number of aliphatic hydroxyl groups is 1. The number of hydrogen-bond donors (Lipinski definition) is 1. The second-order valence-corrected chi connectivity index (χ2v) is 4.45. The van der Waals surface area contributed by atoms with Gasteiger partial charge in [-0.05, 0) is 23.2 Å². The van der Waals surface area contributed by atoms with Crippen LogP contribution in [-0.4, -0.2) is 14.7 Å². The molecule has 1 atom stereocenters. The van der Waals surface area contributed by atoms with E-state index in [0.717, 1.165) is 11.5 Å². The van der Waals surface area contributed by atoms with E-state index in [9.17, 15) is 9.50 Å². The van der Waals surface area contributed by atoms with Crippen LogP contribution < -0.4 is 0 Å². The molecular formula is C10H8ClFN2OS. The maximum Gasteiger partial charge on any atom is 0.142 e. The second-order valence-electron chi connectivity index (χ2n) is 3.25. The lowest BCUT2D eigenvalue weighted by Gasteiger charge is -2.09. The number of aromatic nitrogens is 2. The highest BCUT2D eigenvalue weighted by Gasteiger charge is 2.14. The highest BCUT2D eigenvalue weighted by molar-refractivity contribution is 7.05. The molecule has 1 heterocycles. The Morgan fingerprint density at radius 1 is 1.50 bits per heavy atom. The lowest BCUT2D eigenvalue weighted by atomic mass is 10.1. The molecule has 1 aromatic carbocycles. The largest absolute Gasteiger partial charge is 0.387 e. The summed E-state index contributed by atoms with van der Waals surface area (Å²) in [5, 5.41) is 13.5. The molecule has 0 saturated carbocycles. The van der Waals surface area contributed by atoms with Crippen molar-refractivity contribution in [2.24, 2.45) is 0 Å². The fourth-order valence-electron chi connectivity index (χ4n) is 1.34. The summed E-state index contributed by atoms with van der Waals surface area (Å²) in [6, 6.07) is 4.53. The Labute approximate surface area is 101 Å². The molecule has 0 aliphatic heterocycles. The van der Waals surface area contributed by atoms with Crippen LogP contribution in [0.2, 0.25) is 5.02 Å². The number of nitrogens with zero attached hydrogens (tertiary/aromatic N) is 2. The van der Waals surface area contributed by atoms with Crippen LogP contribution in [0, 0.1) is 5.82 Å². The quantitative estimate of drug-likeness (QED) is 0.921. The minimum Gasteiger partial charge on any atom is -0.387 e. The van der Waals surface area contributed by atoms with Gasteiger partial charge in [0.15, 0.2) is 0 Å². The summed E-state index contributed by atoms with van der Waals surface area (Å²) in [6.45, 7) is 0. The molecular weight excluding hydrogens is 251 g/mol. The van der Waals surface area contributed by atoms with Gasteiger partial charge in [0, 0.05) is 6.42 Å². The number of rotatable bonds is 3. The fourth-order valence-corrected chi connectivity index (χ4v) is 2.03. The summed E-state index contributed by atoms with van der Waals surface area (Å²) in [6.07, 6.45) is 0.988. The molecule has 1 N–H and O–H groups in total. The van der Waals surface area contributed by atoms with Gasteiger partial charge in [-0.3, -0.25) is 0 Å². The molecule has 0 saturated heterocycles. The van der Waals surface area contributed by atoms with E-state index < -0.39 is 11.9 Å². The zero-order valence-corrected chi connectivity index (χ0v) is 9.67. The first-order valence-corrected chi connectivity index (χ1v) is 5.72. The molecule has 0 spiro atoms. The van der Waals surface area contributed by atoms with Crippen molar-refractivity contribution in [3.05, 3.63) is 45.7 Å². The highest BCUT2D eigenvalue weighted by atomic mass is 35.5. The average molecular weight is 259 g/mol. The van der Waals surface area contributed by atoms with Crippen molar-refractivity contribution in [2.45, 2.75) is 12.5 Å². The first kappa shape index (κ1) is 11.4. The van der Waals surface area contributed by atoms with Crippen molar-refractivity contribution in [2.75, 3.05) is 0 Å². The number of halogens is 2. The molecule has 0 aliphatic carbocycles. The summed E-state index contributed by atoms with van der Waals surface area (Å²) in [5.41, 5.74) is 0.572. The summed E-state index contributed by atoms with van der Waals surface area (Å²) < 4.78 is 16.8. The predicted molar refractivity (Wildman–Crippen MR) is 60.0 cm³/mol. The molecule has 0 radical (unpaired) electrons. The summed E-state index contributed by atoms with van der Waals surface area (Å²) in [4.78, 5) is 0.639. The van der Waals surface area contributed by atoms with Crippen LogP contribution in [0.1, 0.15) is 16.5 Å². The molecule has 0 aliphatic rings. The first-order valence-electron chi connectivity index (χ1n) is 4.56. The number of hydrogen-bond acceptors (Lipinski definition) is 4. The van der Waals surface area contributed by atoms with Gasteiger partial charge >= 0.3 is 0 Å². The smallest absolute Gasteiger partial charge is 0.142 e. The normalized spacial score (nSPS) is 12.7. The monoisotopic (exact) mass is 258 g/mol. The van der Waals surface area contributed by atoms with Gasteiger partial charge in [-0.25, -0.2) is 4.39 Å². The van der Waals surface area contributed by atoms with Crippen LogP contribution >= 0.6 is 23.1 Å². The van der Waals surface area contributed by atoms with Crippen molar-refractivity contribution >= 4 is 23.1 Å². The summed E-state index contributed by atoms with van der Waals surface area (Å²) in [5.74, 6) is -0.478. The Bertz CT molecular complexity index is 478. The molecule has 1 unspecified atom stereocenters. The summed E-state index contributed by atoms with van der Waals surface area (Å²) in [7, 11) is 0. The van der Waals surface area contributed by atoms with Crippen LogP contribution in [0.15, 0.2) is 24.4 Å². The Balaban J connectivity index is 2.18. The minimum absolute atomic E-state index is 0.0547. The Morgan fingerprint density at radius 3 is 3.00 bits per heavy atom. The number of aliphatic hydroxyl groups excluding tert-OH is 1. The molecule has 1 aromatic heterocycles. The molecule has 2 rings (SSSR count). The van der Waals surface area contributed by atoms with Crippen LogP contribution in [0.4, 0.5) is 4.39 Å². The second kappa shape index (κ2) is 4.86. The van der Waals surface area contributed by atoms with Crippen LogP contribution in [0.5, 0.6) is 0 Å². The van der Waals surface area contributed by atoms with Gasteiger partial charge in [0.05, 0.1) is 22.2 Å². The van der Waals surface area contributed by atoms with E-state index in [-0.39, 0.29) is 11.4 Å². The van der Waals surface area contributed by atoms with Crippen molar-refractivity contribution in [3.8, 4) is 0 Å². The van der Waals surface area contributed by atoms with Gasteiger partial charge in [-0.2, -0.15) is 0 Å². The van der Waals surface area contributed by atoms with E-state index in [0.29, 0.717) is 10.4 Å². The third-order valence-corrected chi connectivity index (χ3v) is 3.34. The van der Waals surface area contributed by atoms with Crippen LogP contribution in [0.3, 0.4) is 0 Å². The topological polar surface area (TPSA) is 46.0 Å². The third-order valence-electron chi connectivity index (χ3n) is 2.15. The van der Waals surface area contributed by atoms with Crippen LogP contribution in [0.25, 0.3) is 0 Å². The zero-order valence-electron chi connectivity index (χ0n) is 8.10. The van der Waals surface area contributed by atoms with Crippen molar-refractivity contribution in [1.29, 1.82) is 0 Å². The predicted octanol–water partition coefficient (Wildman–Crippen LogP) is 2.61. The molecule has 6 heteroatoms. The van der Waals surface area contributed by atoms with Gasteiger partial charge in [0.25, 0.3) is 0 Å².